The molecule has 0 bridgehead atoms. The van der Waals surface area contributed by atoms with E-state index in [1.807, 2.05) is 6.92 Å². The van der Waals surface area contributed by atoms with E-state index in [2.05, 4.69) is 9.71 Å². The van der Waals surface area contributed by atoms with Gasteiger partial charge in [0.05, 0.1) is 6.33 Å². The Balaban J connectivity index is 2.15. The van der Waals surface area contributed by atoms with E-state index in [0.717, 1.165) is 19.3 Å². The Morgan fingerprint density at radius 1 is 1.45 bits per heavy atom. The third-order valence-electron chi connectivity index (χ3n) is 4.05. The maximum atomic E-state index is 12.4. The Bertz CT molecular complexity index is 550. The summed E-state index contributed by atoms with van der Waals surface area (Å²) in [4.78, 5) is 3.90. The molecular formula is C13H22ClN3O2S. The summed E-state index contributed by atoms with van der Waals surface area (Å²) in [6.07, 6.45) is 8.02. The topological polar surface area (TPSA) is 64.0 Å². The van der Waals surface area contributed by atoms with E-state index >= 15 is 0 Å². The Morgan fingerprint density at radius 3 is 2.60 bits per heavy atom. The Morgan fingerprint density at radius 2 is 2.10 bits per heavy atom. The molecule has 1 saturated carbocycles. The molecule has 1 heterocycles. The first-order valence-corrected chi connectivity index (χ1v) is 9.01. The highest BCUT2D eigenvalue weighted by atomic mass is 35.5. The standard InChI is InChI=1S/C13H22ClN3O2S/c1-3-11(10-7-5-4-6-8-10)16-20(18,19)13-12(14)17(2)9-15-13/h9-11,16H,3-8H2,1-2H3. The van der Waals surface area contributed by atoms with Crippen molar-refractivity contribution in [2.45, 2.75) is 56.5 Å². The fraction of sp³-hybridized carbons (Fsp3) is 0.769. The maximum absolute atomic E-state index is 12.4. The predicted molar refractivity (Wildman–Crippen MR) is 79.2 cm³/mol. The number of nitrogens with zero attached hydrogens (tertiary/aromatic N) is 2. The van der Waals surface area contributed by atoms with Crippen LogP contribution in [0, 0.1) is 5.92 Å². The molecule has 1 aromatic heterocycles. The monoisotopic (exact) mass is 319 g/mol. The quantitative estimate of drug-likeness (QED) is 0.907. The van der Waals surface area contributed by atoms with Gasteiger partial charge in [0.15, 0.2) is 0 Å². The number of nitrogens with one attached hydrogen (secondary N) is 1. The van der Waals surface area contributed by atoms with Crippen molar-refractivity contribution in [2.75, 3.05) is 0 Å². The lowest BCUT2D eigenvalue weighted by Crippen LogP contribution is -2.40. The minimum absolute atomic E-state index is 0.0293. The summed E-state index contributed by atoms with van der Waals surface area (Å²) >= 11 is 5.99. The molecule has 1 atom stereocenters. The molecule has 5 nitrogen and oxygen atoms in total. The minimum Gasteiger partial charge on any atom is -0.324 e. The maximum Gasteiger partial charge on any atom is 0.261 e. The molecule has 0 aliphatic heterocycles. The third-order valence-corrected chi connectivity index (χ3v) is 6.03. The van der Waals surface area contributed by atoms with Gasteiger partial charge in [-0.3, -0.25) is 0 Å². The predicted octanol–water partition coefficient (Wildman–Crippen LogP) is 2.71. The summed E-state index contributed by atoms with van der Waals surface area (Å²) in [6.45, 7) is 2.02. The first-order valence-electron chi connectivity index (χ1n) is 7.15. The van der Waals surface area contributed by atoms with Gasteiger partial charge in [-0.05, 0) is 25.2 Å². The van der Waals surface area contributed by atoms with Crippen molar-refractivity contribution in [3.05, 3.63) is 11.5 Å². The summed E-state index contributed by atoms with van der Waals surface area (Å²) in [5.41, 5.74) is 0. The van der Waals surface area contributed by atoms with E-state index in [9.17, 15) is 8.42 Å². The number of hydrogen-bond acceptors (Lipinski definition) is 3. The van der Waals surface area contributed by atoms with Gasteiger partial charge in [0.2, 0.25) is 5.03 Å². The fourth-order valence-electron chi connectivity index (χ4n) is 2.88. The molecule has 1 unspecified atom stereocenters. The minimum atomic E-state index is -3.64. The lowest BCUT2D eigenvalue weighted by atomic mass is 9.83. The van der Waals surface area contributed by atoms with Crippen LogP contribution in [0.2, 0.25) is 5.15 Å². The second-order valence-electron chi connectivity index (χ2n) is 5.49. The molecule has 1 aliphatic rings. The molecule has 114 valence electrons. The molecule has 0 spiro atoms. The van der Waals surface area contributed by atoms with Gasteiger partial charge in [0.1, 0.15) is 5.15 Å². The van der Waals surface area contributed by atoms with Gasteiger partial charge in [-0.15, -0.1) is 0 Å². The Hall–Kier alpha value is -0.590. The third kappa shape index (κ3) is 3.35. The molecule has 1 fully saturated rings. The molecule has 1 N–H and O–H groups in total. The fourth-order valence-corrected chi connectivity index (χ4v) is 4.70. The molecule has 0 saturated heterocycles. The van der Waals surface area contributed by atoms with Crippen LogP contribution in [0.5, 0.6) is 0 Å². The second-order valence-corrected chi connectivity index (χ2v) is 7.47. The van der Waals surface area contributed by atoms with E-state index < -0.39 is 10.0 Å². The van der Waals surface area contributed by atoms with E-state index in [0.29, 0.717) is 5.92 Å². The van der Waals surface area contributed by atoms with Crippen molar-refractivity contribution >= 4 is 21.6 Å². The zero-order valence-electron chi connectivity index (χ0n) is 12.0. The summed E-state index contributed by atoms with van der Waals surface area (Å²) in [7, 11) is -1.97. The molecule has 1 aromatic rings. The number of aryl methyl sites for hydroxylation is 1. The van der Waals surface area contributed by atoms with Crippen LogP contribution in [0.1, 0.15) is 45.4 Å². The van der Waals surface area contributed by atoms with Crippen LogP contribution in [0.25, 0.3) is 0 Å². The lowest BCUT2D eigenvalue weighted by molar-refractivity contribution is 0.285. The van der Waals surface area contributed by atoms with Crippen LogP contribution in [0.4, 0.5) is 0 Å². The summed E-state index contributed by atoms with van der Waals surface area (Å²) in [5, 5.41) is 0.0759. The molecule has 7 heteroatoms. The van der Waals surface area contributed by atoms with Crippen molar-refractivity contribution in [2.24, 2.45) is 13.0 Å². The average Bonchev–Trinajstić information content (AvgIpc) is 2.78. The molecule has 1 aliphatic carbocycles. The zero-order valence-corrected chi connectivity index (χ0v) is 13.5. The number of sulfonamides is 1. The molecular weight excluding hydrogens is 298 g/mol. The van der Waals surface area contributed by atoms with Crippen LogP contribution < -0.4 is 4.72 Å². The molecule has 0 amide bonds. The largest absolute Gasteiger partial charge is 0.324 e. The highest BCUT2D eigenvalue weighted by Gasteiger charge is 2.29. The number of imidazole rings is 1. The second kappa shape index (κ2) is 6.45. The van der Waals surface area contributed by atoms with Crippen LogP contribution in [-0.2, 0) is 17.1 Å². The first kappa shape index (κ1) is 15.8. The number of halogens is 1. The molecule has 0 radical (unpaired) electrons. The van der Waals surface area contributed by atoms with Crippen LogP contribution >= 0.6 is 11.6 Å². The van der Waals surface area contributed by atoms with E-state index in [1.165, 1.54) is 30.2 Å². The molecule has 2 rings (SSSR count). The van der Waals surface area contributed by atoms with Gasteiger partial charge in [-0.1, -0.05) is 37.8 Å². The van der Waals surface area contributed by atoms with Crippen molar-refractivity contribution < 1.29 is 8.42 Å². The summed E-state index contributed by atoms with van der Waals surface area (Å²) in [6, 6.07) is -0.0293. The van der Waals surface area contributed by atoms with E-state index in [1.54, 1.807) is 7.05 Å². The summed E-state index contributed by atoms with van der Waals surface area (Å²) in [5.74, 6) is 0.422. The van der Waals surface area contributed by atoms with Crippen molar-refractivity contribution in [3.63, 3.8) is 0 Å². The highest BCUT2D eigenvalue weighted by molar-refractivity contribution is 7.89. The van der Waals surface area contributed by atoms with Gasteiger partial charge in [0.25, 0.3) is 10.0 Å². The molecule has 20 heavy (non-hydrogen) atoms. The average molecular weight is 320 g/mol. The van der Waals surface area contributed by atoms with Gasteiger partial charge in [0, 0.05) is 13.1 Å². The zero-order chi connectivity index (χ0) is 14.8. The number of hydrogen-bond donors (Lipinski definition) is 1. The van der Waals surface area contributed by atoms with E-state index in [-0.39, 0.29) is 16.2 Å². The first-order chi connectivity index (χ1) is 9.45. The molecule has 0 aromatic carbocycles. The SMILES string of the molecule is CCC(NS(=O)(=O)c1ncn(C)c1Cl)C1CCCCC1. The van der Waals surface area contributed by atoms with Crippen LogP contribution in [-0.4, -0.2) is 24.0 Å². The smallest absolute Gasteiger partial charge is 0.261 e. The Kier molecular flexibility index (Phi) is 5.09. The van der Waals surface area contributed by atoms with Gasteiger partial charge in [-0.2, -0.15) is 0 Å². The van der Waals surface area contributed by atoms with E-state index in [4.69, 9.17) is 11.6 Å². The lowest BCUT2D eigenvalue weighted by Gasteiger charge is -2.29. The number of rotatable bonds is 5. The van der Waals surface area contributed by atoms with Gasteiger partial charge >= 0.3 is 0 Å². The Labute approximate surface area is 125 Å². The summed E-state index contributed by atoms with van der Waals surface area (Å²) < 4.78 is 29.1. The van der Waals surface area contributed by atoms with Crippen molar-refractivity contribution in [1.82, 2.24) is 14.3 Å². The number of aromatic nitrogens is 2. The van der Waals surface area contributed by atoms with Crippen LogP contribution in [0.15, 0.2) is 11.4 Å². The normalized spacial score (nSPS) is 19.1. The van der Waals surface area contributed by atoms with Crippen molar-refractivity contribution in [3.8, 4) is 0 Å². The van der Waals surface area contributed by atoms with Crippen molar-refractivity contribution in [1.29, 1.82) is 0 Å². The van der Waals surface area contributed by atoms with Gasteiger partial charge in [-0.25, -0.2) is 18.1 Å². The van der Waals surface area contributed by atoms with Crippen LogP contribution in [0.3, 0.4) is 0 Å². The van der Waals surface area contributed by atoms with Gasteiger partial charge < -0.3 is 4.57 Å². The highest BCUT2D eigenvalue weighted by Crippen LogP contribution is 2.29.